The van der Waals surface area contributed by atoms with Crippen LogP contribution in [-0.2, 0) is 4.79 Å². The highest BCUT2D eigenvalue weighted by atomic mass is 16.4. The zero-order valence-corrected chi connectivity index (χ0v) is 8.63. The van der Waals surface area contributed by atoms with Gasteiger partial charge in [-0.25, -0.2) is 0 Å². The van der Waals surface area contributed by atoms with Crippen molar-refractivity contribution >= 4 is 23.9 Å². The van der Waals surface area contributed by atoms with Crippen LogP contribution in [0.1, 0.15) is 5.56 Å². The van der Waals surface area contributed by atoms with E-state index in [1.165, 1.54) is 0 Å². The molecule has 1 aromatic rings. The smallest absolute Gasteiger partial charge is 0.270 e. The van der Waals surface area contributed by atoms with Crippen molar-refractivity contribution < 1.29 is 10.0 Å². The quantitative estimate of drug-likeness (QED) is 0.402. The van der Waals surface area contributed by atoms with Gasteiger partial charge in [0.2, 0.25) is 0 Å². The number of oxime groups is 1. The fourth-order valence-corrected chi connectivity index (χ4v) is 1.17. The van der Waals surface area contributed by atoms with Gasteiger partial charge in [-0.2, -0.15) is 0 Å². The highest BCUT2D eigenvalue weighted by Gasteiger charge is 2.01. The summed E-state index contributed by atoms with van der Waals surface area (Å²) < 4.78 is 0. The van der Waals surface area contributed by atoms with Crippen LogP contribution in [0.3, 0.4) is 0 Å². The van der Waals surface area contributed by atoms with E-state index >= 15 is 0 Å². The molecule has 0 unspecified atom stereocenters. The fourth-order valence-electron chi connectivity index (χ4n) is 1.17. The summed E-state index contributed by atoms with van der Waals surface area (Å²) in [6.07, 6.45) is 4.39. The maximum Gasteiger partial charge on any atom is 0.270 e. The molecule has 4 N–H and O–H groups in total. The van der Waals surface area contributed by atoms with E-state index in [1.54, 1.807) is 18.2 Å². The molecular weight excluding hydrogens is 206 g/mol. The largest absolute Gasteiger partial charge is 0.411 e. The van der Waals surface area contributed by atoms with Crippen molar-refractivity contribution in [3.8, 4) is 0 Å². The molecule has 0 aliphatic heterocycles. The first-order valence-corrected chi connectivity index (χ1v) is 4.72. The van der Waals surface area contributed by atoms with Crippen LogP contribution in [0, 0.1) is 0 Å². The second kappa shape index (κ2) is 6.36. The van der Waals surface area contributed by atoms with E-state index in [-0.39, 0.29) is 0 Å². The third-order valence-electron chi connectivity index (χ3n) is 1.83. The molecule has 1 rings (SSSR count). The van der Waals surface area contributed by atoms with Crippen molar-refractivity contribution in [3.05, 3.63) is 35.9 Å². The first kappa shape index (κ1) is 11.9. The van der Waals surface area contributed by atoms with Gasteiger partial charge in [0.15, 0.2) is 0 Å². The van der Waals surface area contributed by atoms with Crippen LogP contribution in [0.4, 0.5) is 5.69 Å². The SMILES string of the molecule is NCC=Cc1ccccc1NC(=O)C=NO. The van der Waals surface area contributed by atoms with Crippen LogP contribution in [0.25, 0.3) is 6.08 Å². The van der Waals surface area contributed by atoms with Crippen LogP contribution >= 0.6 is 0 Å². The molecule has 5 heteroatoms. The highest BCUT2D eigenvalue weighted by molar-refractivity contribution is 6.31. The molecule has 0 aliphatic rings. The molecule has 0 saturated heterocycles. The Balaban J connectivity index is 2.86. The Hall–Kier alpha value is -2.14. The maximum atomic E-state index is 11.2. The number of carbonyl (C=O) groups excluding carboxylic acids is 1. The van der Waals surface area contributed by atoms with Gasteiger partial charge in [-0.15, -0.1) is 0 Å². The van der Waals surface area contributed by atoms with Gasteiger partial charge < -0.3 is 16.3 Å². The third kappa shape index (κ3) is 3.55. The number of amides is 1. The maximum absolute atomic E-state index is 11.2. The molecule has 0 aromatic heterocycles. The predicted molar refractivity (Wildman–Crippen MR) is 63.4 cm³/mol. The zero-order valence-electron chi connectivity index (χ0n) is 8.63. The number of nitrogens with one attached hydrogen (secondary N) is 1. The summed E-state index contributed by atoms with van der Waals surface area (Å²) in [6.45, 7) is 0.431. The van der Waals surface area contributed by atoms with Crippen molar-refractivity contribution in [1.29, 1.82) is 0 Å². The van der Waals surface area contributed by atoms with E-state index in [1.807, 2.05) is 18.2 Å². The van der Waals surface area contributed by atoms with Crippen LogP contribution in [0.2, 0.25) is 0 Å². The first-order valence-electron chi connectivity index (χ1n) is 4.72. The van der Waals surface area contributed by atoms with Gasteiger partial charge in [-0.3, -0.25) is 4.79 Å². The van der Waals surface area contributed by atoms with E-state index in [0.717, 1.165) is 11.8 Å². The fraction of sp³-hybridized carbons (Fsp3) is 0.0909. The summed E-state index contributed by atoms with van der Waals surface area (Å²) in [5.41, 5.74) is 6.82. The van der Waals surface area contributed by atoms with E-state index < -0.39 is 5.91 Å². The summed E-state index contributed by atoms with van der Waals surface area (Å²) in [5.74, 6) is -0.490. The molecule has 0 fully saturated rings. The monoisotopic (exact) mass is 219 g/mol. The number of para-hydroxylation sites is 1. The highest BCUT2D eigenvalue weighted by Crippen LogP contribution is 2.16. The molecular formula is C11H13N3O2. The van der Waals surface area contributed by atoms with Gasteiger partial charge in [-0.05, 0) is 11.6 Å². The molecule has 1 aromatic carbocycles. The Morgan fingerprint density at radius 1 is 1.50 bits per heavy atom. The first-order chi connectivity index (χ1) is 7.77. The number of hydrogen-bond donors (Lipinski definition) is 3. The topological polar surface area (TPSA) is 87.7 Å². The molecule has 0 bridgehead atoms. The molecule has 0 spiro atoms. The number of rotatable bonds is 4. The molecule has 0 aliphatic carbocycles. The van der Waals surface area contributed by atoms with E-state index in [0.29, 0.717) is 12.2 Å². The summed E-state index contributed by atoms with van der Waals surface area (Å²) >= 11 is 0. The Labute approximate surface area is 93.3 Å². The number of nitrogens with two attached hydrogens (primary N) is 1. The minimum Gasteiger partial charge on any atom is -0.411 e. The molecule has 16 heavy (non-hydrogen) atoms. The van der Waals surface area contributed by atoms with E-state index in [2.05, 4.69) is 10.5 Å². The van der Waals surface area contributed by atoms with Crippen LogP contribution in [-0.4, -0.2) is 23.9 Å². The predicted octanol–water partition coefficient (Wildman–Crippen LogP) is 1.06. The standard InChI is InChI=1S/C11H13N3O2/c12-7-3-5-9-4-1-2-6-10(9)14-11(15)8-13-16/h1-6,8,16H,7,12H2,(H,14,15). The van der Waals surface area contributed by atoms with Gasteiger partial charge in [0.1, 0.15) is 6.21 Å². The summed E-state index contributed by atoms with van der Waals surface area (Å²) in [7, 11) is 0. The van der Waals surface area contributed by atoms with E-state index in [4.69, 9.17) is 10.9 Å². The molecule has 0 saturated carbocycles. The van der Waals surface area contributed by atoms with E-state index in [9.17, 15) is 4.79 Å². The number of benzene rings is 1. The van der Waals surface area contributed by atoms with Crippen molar-refractivity contribution in [3.63, 3.8) is 0 Å². The van der Waals surface area contributed by atoms with Crippen molar-refractivity contribution in [2.24, 2.45) is 10.9 Å². The molecule has 5 nitrogen and oxygen atoms in total. The lowest BCUT2D eigenvalue weighted by Crippen LogP contribution is -2.13. The second-order valence-electron chi connectivity index (χ2n) is 2.96. The lowest BCUT2D eigenvalue weighted by molar-refractivity contribution is -0.110. The number of carbonyl (C=O) groups is 1. The number of anilines is 1. The Morgan fingerprint density at radius 3 is 2.94 bits per heavy atom. The molecule has 0 heterocycles. The van der Waals surface area contributed by atoms with Crippen molar-refractivity contribution in [1.82, 2.24) is 0 Å². The van der Waals surface area contributed by atoms with Crippen LogP contribution in [0.15, 0.2) is 35.5 Å². The molecule has 0 atom stereocenters. The Kier molecular flexibility index (Phi) is 4.75. The summed E-state index contributed by atoms with van der Waals surface area (Å²) in [5, 5.41) is 13.4. The lowest BCUT2D eigenvalue weighted by atomic mass is 10.1. The molecule has 1 amide bonds. The minimum absolute atomic E-state index is 0.431. The third-order valence-corrected chi connectivity index (χ3v) is 1.83. The summed E-state index contributed by atoms with van der Waals surface area (Å²) in [6, 6.07) is 7.24. The Bertz CT molecular complexity index is 413. The van der Waals surface area contributed by atoms with Crippen molar-refractivity contribution in [2.45, 2.75) is 0 Å². The van der Waals surface area contributed by atoms with Crippen molar-refractivity contribution in [2.75, 3.05) is 11.9 Å². The number of hydrogen-bond acceptors (Lipinski definition) is 4. The number of nitrogens with zero attached hydrogens (tertiary/aromatic N) is 1. The summed E-state index contributed by atoms with van der Waals surface area (Å²) in [4.78, 5) is 11.2. The average molecular weight is 219 g/mol. The minimum atomic E-state index is -0.490. The van der Waals surface area contributed by atoms with Crippen LogP contribution in [0.5, 0.6) is 0 Å². The Morgan fingerprint density at radius 2 is 2.25 bits per heavy atom. The van der Waals surface area contributed by atoms with Gasteiger partial charge in [0, 0.05) is 12.2 Å². The van der Waals surface area contributed by atoms with Gasteiger partial charge in [-0.1, -0.05) is 35.5 Å². The molecule has 0 radical (unpaired) electrons. The van der Waals surface area contributed by atoms with Crippen LogP contribution < -0.4 is 11.1 Å². The zero-order chi connectivity index (χ0) is 11.8. The second-order valence-corrected chi connectivity index (χ2v) is 2.96. The average Bonchev–Trinajstić information content (AvgIpc) is 2.28. The normalized spacial score (nSPS) is 11.1. The molecule has 84 valence electrons. The lowest BCUT2D eigenvalue weighted by Gasteiger charge is -2.05. The van der Waals surface area contributed by atoms with Gasteiger partial charge >= 0.3 is 0 Å². The van der Waals surface area contributed by atoms with Gasteiger partial charge in [0.25, 0.3) is 5.91 Å². The van der Waals surface area contributed by atoms with Gasteiger partial charge in [0.05, 0.1) is 0 Å².